The molecule has 0 saturated carbocycles. The SMILES string of the molecule is CCCCCCCCCCCC(=O)NCc1nnc(SCc2ccccc2)n1-c1cc(Cl)ccc1Cl. The highest BCUT2D eigenvalue weighted by molar-refractivity contribution is 7.98. The molecule has 1 N–H and O–H groups in total. The molecule has 5 nitrogen and oxygen atoms in total. The zero-order valence-electron chi connectivity index (χ0n) is 21.0. The van der Waals surface area contributed by atoms with Crippen molar-refractivity contribution in [1.82, 2.24) is 20.1 Å². The van der Waals surface area contributed by atoms with Gasteiger partial charge >= 0.3 is 0 Å². The van der Waals surface area contributed by atoms with E-state index in [1.54, 1.807) is 30.0 Å². The van der Waals surface area contributed by atoms with Crippen LogP contribution in [0.5, 0.6) is 0 Å². The van der Waals surface area contributed by atoms with Gasteiger partial charge < -0.3 is 5.32 Å². The molecule has 0 aliphatic heterocycles. The zero-order valence-corrected chi connectivity index (χ0v) is 23.3. The fraction of sp³-hybridized carbons (Fsp3) is 0.464. The molecular weight excluding hydrogens is 511 g/mol. The lowest BCUT2D eigenvalue weighted by Gasteiger charge is -2.13. The molecule has 0 spiro atoms. The van der Waals surface area contributed by atoms with E-state index in [0.717, 1.165) is 18.6 Å². The van der Waals surface area contributed by atoms with Crippen LogP contribution in [-0.4, -0.2) is 20.7 Å². The first-order chi connectivity index (χ1) is 17.6. The first-order valence-electron chi connectivity index (χ1n) is 12.9. The summed E-state index contributed by atoms with van der Waals surface area (Å²) in [6, 6.07) is 15.5. The van der Waals surface area contributed by atoms with Crippen molar-refractivity contribution in [3.05, 3.63) is 70.0 Å². The molecule has 1 heterocycles. The molecule has 1 aromatic heterocycles. The van der Waals surface area contributed by atoms with Gasteiger partial charge in [-0.05, 0) is 30.2 Å². The molecule has 36 heavy (non-hydrogen) atoms. The summed E-state index contributed by atoms with van der Waals surface area (Å²) in [5.41, 5.74) is 1.89. The van der Waals surface area contributed by atoms with Crippen LogP contribution in [0.3, 0.4) is 0 Å². The molecule has 0 aliphatic carbocycles. The third-order valence-corrected chi connectivity index (χ3v) is 7.57. The van der Waals surface area contributed by atoms with Crippen LogP contribution in [0.4, 0.5) is 0 Å². The molecule has 0 aliphatic rings. The summed E-state index contributed by atoms with van der Waals surface area (Å²) in [7, 11) is 0. The number of aromatic nitrogens is 3. The monoisotopic (exact) mass is 546 g/mol. The van der Waals surface area contributed by atoms with Crippen LogP contribution in [0, 0.1) is 0 Å². The van der Waals surface area contributed by atoms with E-state index in [9.17, 15) is 4.79 Å². The third-order valence-electron chi connectivity index (χ3n) is 6.01. The molecule has 8 heteroatoms. The van der Waals surface area contributed by atoms with E-state index in [2.05, 4.69) is 34.6 Å². The Balaban J connectivity index is 1.55. The summed E-state index contributed by atoms with van der Waals surface area (Å²) in [5.74, 6) is 1.39. The van der Waals surface area contributed by atoms with E-state index in [4.69, 9.17) is 23.2 Å². The number of halogens is 2. The maximum Gasteiger partial charge on any atom is 0.220 e. The minimum absolute atomic E-state index is 0.0307. The van der Waals surface area contributed by atoms with Gasteiger partial charge in [0, 0.05) is 17.2 Å². The van der Waals surface area contributed by atoms with Crippen molar-refractivity contribution >= 4 is 40.9 Å². The first-order valence-corrected chi connectivity index (χ1v) is 14.7. The Morgan fingerprint density at radius 2 is 1.61 bits per heavy atom. The molecule has 3 aromatic rings. The highest BCUT2D eigenvalue weighted by Gasteiger charge is 2.18. The minimum Gasteiger partial charge on any atom is -0.349 e. The zero-order chi connectivity index (χ0) is 25.6. The largest absolute Gasteiger partial charge is 0.349 e. The Bertz CT molecular complexity index is 1070. The predicted octanol–water partition coefficient (Wildman–Crippen LogP) is 8.40. The lowest BCUT2D eigenvalue weighted by molar-refractivity contribution is -0.121. The highest BCUT2D eigenvalue weighted by Crippen LogP contribution is 2.31. The van der Waals surface area contributed by atoms with Crippen LogP contribution in [0.1, 0.15) is 82.5 Å². The van der Waals surface area contributed by atoms with Crippen LogP contribution in [-0.2, 0) is 17.1 Å². The summed E-state index contributed by atoms with van der Waals surface area (Å²) in [4.78, 5) is 12.5. The Labute approximate surface area is 229 Å². The van der Waals surface area contributed by atoms with Crippen molar-refractivity contribution in [2.24, 2.45) is 0 Å². The van der Waals surface area contributed by atoms with Crippen LogP contribution >= 0.6 is 35.0 Å². The van der Waals surface area contributed by atoms with Gasteiger partial charge in [-0.1, -0.05) is 124 Å². The van der Waals surface area contributed by atoms with Gasteiger partial charge in [0.15, 0.2) is 11.0 Å². The second-order valence-electron chi connectivity index (χ2n) is 8.96. The van der Waals surface area contributed by atoms with Crippen molar-refractivity contribution in [2.75, 3.05) is 0 Å². The number of unbranched alkanes of at least 4 members (excludes halogenated alkanes) is 8. The van der Waals surface area contributed by atoms with Crippen LogP contribution in [0.15, 0.2) is 53.7 Å². The van der Waals surface area contributed by atoms with Crippen LogP contribution < -0.4 is 5.32 Å². The van der Waals surface area contributed by atoms with Crippen molar-refractivity contribution < 1.29 is 4.79 Å². The average Bonchev–Trinajstić information content (AvgIpc) is 3.29. The smallest absolute Gasteiger partial charge is 0.220 e. The lowest BCUT2D eigenvalue weighted by atomic mass is 10.1. The average molecular weight is 548 g/mol. The van der Waals surface area contributed by atoms with Gasteiger partial charge in [-0.15, -0.1) is 10.2 Å². The van der Waals surface area contributed by atoms with Gasteiger partial charge in [0.25, 0.3) is 0 Å². The van der Waals surface area contributed by atoms with Crippen molar-refractivity contribution in [1.29, 1.82) is 0 Å². The molecule has 0 saturated heterocycles. The van der Waals surface area contributed by atoms with E-state index in [0.29, 0.717) is 33.1 Å². The Hall–Kier alpha value is -2.02. The molecule has 1 amide bonds. The molecule has 2 aromatic carbocycles. The number of rotatable bonds is 16. The molecule has 0 unspecified atom stereocenters. The van der Waals surface area contributed by atoms with Gasteiger partial charge in [0.05, 0.1) is 17.3 Å². The van der Waals surface area contributed by atoms with E-state index in [1.165, 1.54) is 50.5 Å². The molecular formula is C28H36Cl2N4OS. The molecule has 0 fully saturated rings. The Morgan fingerprint density at radius 1 is 0.917 bits per heavy atom. The lowest BCUT2D eigenvalue weighted by Crippen LogP contribution is -2.24. The highest BCUT2D eigenvalue weighted by atomic mass is 35.5. The van der Waals surface area contributed by atoms with E-state index < -0.39 is 0 Å². The van der Waals surface area contributed by atoms with Gasteiger partial charge in [-0.2, -0.15) is 0 Å². The topological polar surface area (TPSA) is 59.8 Å². The van der Waals surface area contributed by atoms with Crippen LogP contribution in [0.2, 0.25) is 10.0 Å². The predicted molar refractivity (Wildman–Crippen MR) is 151 cm³/mol. The summed E-state index contributed by atoms with van der Waals surface area (Å²) in [6.45, 7) is 2.52. The van der Waals surface area contributed by atoms with E-state index >= 15 is 0 Å². The minimum atomic E-state index is 0.0307. The van der Waals surface area contributed by atoms with E-state index in [1.807, 2.05) is 22.8 Å². The molecule has 0 atom stereocenters. The standard InChI is InChI=1S/C28H36Cl2N4OS/c1-2-3-4-5-6-7-8-9-13-16-27(35)31-20-26-32-33-28(36-21-22-14-11-10-12-15-22)34(26)25-19-23(29)17-18-24(25)30/h10-12,14-15,17-19H,2-9,13,16,20-21H2,1H3,(H,31,35). The first kappa shape index (κ1) is 28.5. The second-order valence-corrected chi connectivity index (χ2v) is 10.7. The van der Waals surface area contributed by atoms with Gasteiger partial charge in [0.1, 0.15) is 0 Å². The number of carbonyl (C=O) groups is 1. The number of thioether (sulfide) groups is 1. The molecule has 0 bridgehead atoms. The number of amides is 1. The number of hydrogen-bond donors (Lipinski definition) is 1. The Morgan fingerprint density at radius 3 is 2.33 bits per heavy atom. The fourth-order valence-electron chi connectivity index (χ4n) is 3.99. The summed E-state index contributed by atoms with van der Waals surface area (Å²) in [5, 5.41) is 13.6. The number of carbonyl (C=O) groups excluding carboxylic acids is 1. The third kappa shape index (κ3) is 9.45. The van der Waals surface area contributed by atoms with Gasteiger partial charge in [-0.25, -0.2) is 0 Å². The van der Waals surface area contributed by atoms with Crippen molar-refractivity contribution in [3.63, 3.8) is 0 Å². The maximum atomic E-state index is 12.5. The fourth-order valence-corrected chi connectivity index (χ4v) is 5.28. The Kier molecular flexibility index (Phi) is 12.7. The number of benzene rings is 2. The number of nitrogens with zero attached hydrogens (tertiary/aromatic N) is 3. The maximum absolute atomic E-state index is 12.5. The summed E-state index contributed by atoms with van der Waals surface area (Å²) >= 11 is 14.4. The van der Waals surface area contributed by atoms with Crippen LogP contribution in [0.25, 0.3) is 5.69 Å². The molecule has 3 rings (SSSR count). The molecule has 194 valence electrons. The second kappa shape index (κ2) is 16.0. The normalized spacial score (nSPS) is 11.1. The summed E-state index contributed by atoms with van der Waals surface area (Å²) in [6.07, 6.45) is 11.6. The van der Waals surface area contributed by atoms with Crippen molar-refractivity contribution in [2.45, 2.75) is 88.6 Å². The van der Waals surface area contributed by atoms with Gasteiger partial charge in [-0.3, -0.25) is 9.36 Å². The number of nitrogens with one attached hydrogen (secondary N) is 1. The quantitative estimate of drug-likeness (QED) is 0.145. The number of hydrogen-bond acceptors (Lipinski definition) is 4. The molecule has 0 radical (unpaired) electrons. The van der Waals surface area contributed by atoms with Gasteiger partial charge in [0.2, 0.25) is 5.91 Å². The summed E-state index contributed by atoms with van der Waals surface area (Å²) < 4.78 is 1.89. The van der Waals surface area contributed by atoms with Crippen molar-refractivity contribution in [3.8, 4) is 5.69 Å². The van der Waals surface area contributed by atoms with E-state index in [-0.39, 0.29) is 12.5 Å².